The molecule has 0 bridgehead atoms. The van der Waals surface area contributed by atoms with Crippen molar-refractivity contribution < 1.29 is 4.74 Å². The molecule has 0 spiro atoms. The van der Waals surface area contributed by atoms with Gasteiger partial charge in [0, 0.05) is 11.8 Å². The Balaban J connectivity index is 2.02. The first-order valence-corrected chi connectivity index (χ1v) is 4.24. The quantitative estimate of drug-likeness (QED) is 0.755. The Hall–Kier alpha value is -0.730. The van der Waals surface area contributed by atoms with E-state index in [2.05, 4.69) is 11.4 Å². The topological polar surface area (TPSA) is 21.3 Å². The van der Waals surface area contributed by atoms with Gasteiger partial charge in [-0.15, -0.1) is 0 Å². The molecule has 0 aromatic heterocycles. The molecule has 1 fully saturated rings. The van der Waals surface area contributed by atoms with E-state index in [0.29, 0.717) is 11.1 Å². The second kappa shape index (κ2) is 3.33. The number of ether oxygens (including phenoxy) is 1. The van der Waals surface area contributed by atoms with Gasteiger partial charge in [0.2, 0.25) is 0 Å². The van der Waals surface area contributed by atoms with Gasteiger partial charge < -0.3 is 10.1 Å². The summed E-state index contributed by atoms with van der Waals surface area (Å²) in [6.45, 7) is 1.56. The van der Waals surface area contributed by atoms with Crippen LogP contribution in [0.1, 0.15) is 0 Å². The van der Waals surface area contributed by atoms with E-state index >= 15 is 0 Å². The average Bonchev–Trinajstić information content (AvgIpc) is 1.97. The first kappa shape index (κ1) is 7.90. The van der Waals surface area contributed by atoms with Gasteiger partial charge >= 0.3 is 0 Å². The Labute approximate surface area is 76.5 Å². The third-order valence-electron chi connectivity index (χ3n) is 1.76. The molecule has 1 aliphatic heterocycles. The molecule has 2 rings (SSSR count). The van der Waals surface area contributed by atoms with Crippen LogP contribution in [0.3, 0.4) is 0 Å². The lowest BCUT2D eigenvalue weighted by Crippen LogP contribution is -2.40. The molecule has 0 atom stereocenters. The molecule has 1 N–H and O–H groups in total. The molecule has 1 heterocycles. The Kier molecular flexibility index (Phi) is 2.19. The maximum absolute atomic E-state index is 5.76. The van der Waals surface area contributed by atoms with Crippen LogP contribution in [0, 0.1) is 6.07 Å². The van der Waals surface area contributed by atoms with Gasteiger partial charge in [-0.3, -0.25) is 0 Å². The third kappa shape index (κ3) is 1.71. The lowest BCUT2D eigenvalue weighted by molar-refractivity contribution is 0.0211. The molecule has 1 aromatic carbocycles. The molecule has 12 heavy (non-hydrogen) atoms. The smallest absolute Gasteiger partial charge is 0.0728 e. The monoisotopic (exact) mass is 182 g/mol. The van der Waals surface area contributed by atoms with Gasteiger partial charge in [0.05, 0.1) is 24.3 Å². The standard InChI is InChI=1S/C9H9ClNO/c10-7-2-1-3-8(4-7)11-9-5-12-6-9/h1-3,9,11H,5-6H2. The van der Waals surface area contributed by atoms with Crippen LogP contribution in [0.5, 0.6) is 0 Å². The number of benzene rings is 1. The van der Waals surface area contributed by atoms with E-state index in [0.717, 1.165) is 18.9 Å². The van der Waals surface area contributed by atoms with E-state index in [9.17, 15) is 0 Å². The SMILES string of the molecule is Clc1[c]c(NC2COC2)ccc1. The molecule has 1 aliphatic rings. The van der Waals surface area contributed by atoms with Gasteiger partial charge in [-0.2, -0.15) is 0 Å². The van der Waals surface area contributed by atoms with Crippen molar-refractivity contribution in [1.29, 1.82) is 0 Å². The Bertz CT molecular complexity index is 273. The van der Waals surface area contributed by atoms with Crippen molar-refractivity contribution in [1.82, 2.24) is 0 Å². The summed E-state index contributed by atoms with van der Waals surface area (Å²) in [7, 11) is 0. The molecule has 2 nitrogen and oxygen atoms in total. The van der Waals surface area contributed by atoms with E-state index < -0.39 is 0 Å². The zero-order chi connectivity index (χ0) is 8.39. The van der Waals surface area contributed by atoms with Crippen LogP contribution in [0.15, 0.2) is 18.2 Å². The molecule has 0 aliphatic carbocycles. The fourth-order valence-electron chi connectivity index (χ4n) is 1.06. The lowest BCUT2D eigenvalue weighted by atomic mass is 10.2. The third-order valence-corrected chi connectivity index (χ3v) is 1.98. The maximum Gasteiger partial charge on any atom is 0.0728 e. The highest BCUT2D eigenvalue weighted by atomic mass is 35.5. The summed E-state index contributed by atoms with van der Waals surface area (Å²) in [5, 5.41) is 3.89. The average molecular weight is 183 g/mol. The summed E-state index contributed by atoms with van der Waals surface area (Å²) >= 11 is 5.76. The van der Waals surface area contributed by atoms with E-state index in [4.69, 9.17) is 16.3 Å². The molecule has 0 unspecified atom stereocenters. The van der Waals surface area contributed by atoms with Gasteiger partial charge in [-0.05, 0) is 12.1 Å². The van der Waals surface area contributed by atoms with Gasteiger partial charge in [0.15, 0.2) is 0 Å². The molecular weight excluding hydrogens is 174 g/mol. The molecule has 0 saturated carbocycles. The summed E-state index contributed by atoms with van der Waals surface area (Å²) < 4.78 is 5.03. The molecule has 1 aromatic rings. The predicted molar refractivity (Wildman–Crippen MR) is 48.5 cm³/mol. The van der Waals surface area contributed by atoms with E-state index in [-0.39, 0.29) is 0 Å². The van der Waals surface area contributed by atoms with Gasteiger partial charge in [0.25, 0.3) is 0 Å². The highest BCUT2D eigenvalue weighted by Crippen LogP contribution is 2.16. The minimum Gasteiger partial charge on any atom is -0.377 e. The summed E-state index contributed by atoms with van der Waals surface area (Å²) in [5.74, 6) is 0. The molecule has 1 radical (unpaired) electrons. The fourth-order valence-corrected chi connectivity index (χ4v) is 1.24. The highest BCUT2D eigenvalue weighted by Gasteiger charge is 2.17. The Morgan fingerprint density at radius 2 is 2.33 bits per heavy atom. The van der Waals surface area contributed by atoms with Crippen LogP contribution in [-0.4, -0.2) is 19.3 Å². The normalized spacial score (nSPS) is 17.1. The summed E-state index contributed by atoms with van der Waals surface area (Å²) in [5.41, 5.74) is 0.941. The molecule has 63 valence electrons. The first-order valence-electron chi connectivity index (χ1n) is 3.87. The largest absolute Gasteiger partial charge is 0.377 e. The van der Waals surface area contributed by atoms with Gasteiger partial charge in [0.1, 0.15) is 0 Å². The van der Waals surface area contributed by atoms with E-state index in [1.165, 1.54) is 0 Å². The van der Waals surface area contributed by atoms with Crippen molar-refractivity contribution >= 4 is 17.3 Å². The summed E-state index contributed by atoms with van der Waals surface area (Å²) in [6.07, 6.45) is 0. The fraction of sp³-hybridized carbons (Fsp3) is 0.333. The zero-order valence-electron chi connectivity index (χ0n) is 6.51. The highest BCUT2D eigenvalue weighted by molar-refractivity contribution is 6.30. The Morgan fingerprint density at radius 1 is 1.50 bits per heavy atom. The molecule has 1 saturated heterocycles. The van der Waals surface area contributed by atoms with E-state index in [1.54, 1.807) is 0 Å². The number of hydrogen-bond donors (Lipinski definition) is 1. The van der Waals surface area contributed by atoms with Crippen LogP contribution in [0.25, 0.3) is 0 Å². The lowest BCUT2D eigenvalue weighted by Gasteiger charge is -2.27. The minimum absolute atomic E-state index is 0.430. The Morgan fingerprint density at radius 3 is 2.92 bits per heavy atom. The summed E-state index contributed by atoms with van der Waals surface area (Å²) in [4.78, 5) is 0. The zero-order valence-corrected chi connectivity index (χ0v) is 7.27. The van der Waals surface area contributed by atoms with Crippen molar-refractivity contribution in [3.05, 3.63) is 29.3 Å². The first-order chi connectivity index (χ1) is 5.84. The number of anilines is 1. The minimum atomic E-state index is 0.430. The second-order valence-corrected chi connectivity index (χ2v) is 3.20. The maximum atomic E-state index is 5.76. The van der Waals surface area contributed by atoms with Crippen LogP contribution >= 0.6 is 11.6 Å². The van der Waals surface area contributed by atoms with Gasteiger partial charge in [-0.25, -0.2) is 0 Å². The van der Waals surface area contributed by atoms with Crippen molar-refractivity contribution in [3.8, 4) is 0 Å². The molecular formula is C9H9ClNO. The van der Waals surface area contributed by atoms with Crippen LogP contribution in [0.2, 0.25) is 5.02 Å². The van der Waals surface area contributed by atoms with Crippen LogP contribution in [-0.2, 0) is 4.74 Å². The van der Waals surface area contributed by atoms with Crippen molar-refractivity contribution in [2.75, 3.05) is 18.5 Å². The van der Waals surface area contributed by atoms with Crippen molar-refractivity contribution in [2.45, 2.75) is 6.04 Å². The second-order valence-electron chi connectivity index (χ2n) is 2.79. The van der Waals surface area contributed by atoms with Crippen molar-refractivity contribution in [3.63, 3.8) is 0 Å². The number of hydrogen-bond acceptors (Lipinski definition) is 2. The summed E-state index contributed by atoms with van der Waals surface area (Å²) in [6, 6.07) is 9.10. The number of rotatable bonds is 2. The molecule has 3 heteroatoms. The van der Waals surface area contributed by atoms with E-state index in [1.807, 2.05) is 18.2 Å². The van der Waals surface area contributed by atoms with Gasteiger partial charge in [-0.1, -0.05) is 17.7 Å². The predicted octanol–water partition coefficient (Wildman–Crippen LogP) is 1.95. The number of nitrogens with one attached hydrogen (secondary N) is 1. The van der Waals surface area contributed by atoms with Crippen LogP contribution < -0.4 is 5.32 Å². The van der Waals surface area contributed by atoms with Crippen molar-refractivity contribution in [2.24, 2.45) is 0 Å². The number of halogens is 1. The molecule has 0 amide bonds. The van der Waals surface area contributed by atoms with Crippen LogP contribution in [0.4, 0.5) is 5.69 Å².